The van der Waals surface area contributed by atoms with Crippen molar-refractivity contribution in [3.05, 3.63) is 158 Å². The molecular formula is C64H99O11P. The van der Waals surface area contributed by atoms with Crippen molar-refractivity contribution in [2.45, 2.75) is 200 Å². The van der Waals surface area contributed by atoms with E-state index in [4.69, 9.17) is 23.3 Å². The number of aliphatic hydroxyl groups excluding tert-OH is 1. The normalized spacial score (nSPS) is 14.5. The third-order valence-corrected chi connectivity index (χ3v) is 11.9. The summed E-state index contributed by atoms with van der Waals surface area (Å²) >= 11 is 0. The molecule has 0 spiro atoms. The monoisotopic (exact) mass is 1070 g/mol. The van der Waals surface area contributed by atoms with Crippen LogP contribution in [0.3, 0.4) is 0 Å². The van der Waals surface area contributed by atoms with Crippen LogP contribution >= 0.6 is 7.82 Å². The first-order valence-electron chi connectivity index (χ1n) is 28.4. The summed E-state index contributed by atoms with van der Waals surface area (Å²) in [6, 6.07) is 0. The molecule has 0 saturated carbocycles. The second-order valence-electron chi connectivity index (χ2n) is 18.0. The molecule has 0 aromatic heterocycles. The Balaban J connectivity index is 4.94. The van der Waals surface area contributed by atoms with Crippen molar-refractivity contribution >= 4 is 25.7 Å². The number of hydrogen-bond donors (Lipinski definition) is 2. The van der Waals surface area contributed by atoms with Gasteiger partial charge >= 0.3 is 25.7 Å². The number of unbranched alkanes of at least 4 members (excludes halogenated alkanes) is 7. The van der Waals surface area contributed by atoms with E-state index < -0.39 is 64.4 Å². The van der Waals surface area contributed by atoms with E-state index in [0.29, 0.717) is 25.7 Å². The van der Waals surface area contributed by atoms with Crippen LogP contribution in [-0.4, -0.2) is 66.5 Å². The van der Waals surface area contributed by atoms with E-state index in [9.17, 15) is 28.9 Å². The number of carbonyl (C=O) groups excluding carboxylic acids is 3. The predicted octanol–water partition coefficient (Wildman–Crippen LogP) is 16.9. The standard InChI is InChI=1S/C64H99O11P/c1-4-7-10-13-16-19-22-25-27-29-30-32-34-37-40-43-46-49-52-55-64(68)75-61(57-71-62(66)53-50-47-44-41-38-36-33-31-28-26-23-20-17-14-11-8-5-2)59-73-76(69,70)72-58-60(56-65)74-63(67)54-51-48-45-42-39-35-24-21-18-15-12-9-6-3/h7-12,16-21,25-28,30,32-33,35-37,39-41,44,60-61,65H,4-6,13-15,22-24,29,31,34,38,42-43,45-59H2,1-3H3,(H,69,70)/b10-7-,11-8-,12-9-,19-16-,20-17-,21-18-,27-25-,28-26-,32-30-,36-33-,39-35-,40-37-,44-41-. The van der Waals surface area contributed by atoms with Crippen LogP contribution in [0.5, 0.6) is 0 Å². The second kappa shape index (κ2) is 56.3. The number of aliphatic hydroxyl groups is 1. The van der Waals surface area contributed by atoms with Crippen molar-refractivity contribution in [1.29, 1.82) is 0 Å². The molecule has 0 fully saturated rings. The lowest BCUT2D eigenvalue weighted by molar-refractivity contribution is -0.161. The van der Waals surface area contributed by atoms with Crippen LogP contribution in [-0.2, 0) is 42.2 Å². The highest BCUT2D eigenvalue weighted by Gasteiger charge is 2.28. The lowest BCUT2D eigenvalue weighted by atomic mass is 10.1. The Morgan fingerprint density at radius 2 is 0.658 bits per heavy atom. The Bertz CT molecular complexity index is 1880. The lowest BCUT2D eigenvalue weighted by Gasteiger charge is -2.21. The molecule has 0 aromatic carbocycles. The molecule has 0 aliphatic carbocycles. The zero-order valence-corrected chi connectivity index (χ0v) is 47.8. The van der Waals surface area contributed by atoms with Gasteiger partial charge in [0.2, 0.25) is 0 Å². The zero-order chi connectivity index (χ0) is 55.5. The van der Waals surface area contributed by atoms with Gasteiger partial charge in [0, 0.05) is 19.3 Å². The molecule has 12 heteroatoms. The van der Waals surface area contributed by atoms with Gasteiger partial charge < -0.3 is 24.2 Å². The van der Waals surface area contributed by atoms with Gasteiger partial charge in [-0.1, -0.05) is 192 Å². The van der Waals surface area contributed by atoms with Gasteiger partial charge in [-0.15, -0.1) is 0 Å². The maximum atomic E-state index is 12.9. The number of phosphoric acid groups is 1. The van der Waals surface area contributed by atoms with E-state index in [1.807, 2.05) is 6.08 Å². The van der Waals surface area contributed by atoms with Gasteiger partial charge in [0.1, 0.15) is 12.7 Å². The average Bonchev–Trinajstić information content (AvgIpc) is 3.41. The number of allylic oxidation sites excluding steroid dienone is 26. The van der Waals surface area contributed by atoms with Gasteiger partial charge in [-0.25, -0.2) is 4.57 Å². The van der Waals surface area contributed by atoms with Gasteiger partial charge in [0.15, 0.2) is 6.10 Å². The number of hydrogen-bond acceptors (Lipinski definition) is 10. The minimum Gasteiger partial charge on any atom is -0.462 e. The second-order valence-corrected chi connectivity index (χ2v) is 19.4. The summed E-state index contributed by atoms with van der Waals surface area (Å²) in [5, 5.41) is 9.80. The molecule has 0 saturated heterocycles. The maximum absolute atomic E-state index is 12.9. The summed E-state index contributed by atoms with van der Waals surface area (Å²) in [6.07, 6.45) is 73.6. The number of phosphoric ester groups is 1. The van der Waals surface area contributed by atoms with Crippen LogP contribution in [0.1, 0.15) is 188 Å². The molecule has 0 bridgehead atoms. The SMILES string of the molecule is CC/C=C\C/C=C\C/C=C\C/C=C\C/C=C\CCCCCC(=O)OC(COC(=O)CCC/C=C\C/C=C\C/C=C\C/C=C\C/C=C\CC)COP(=O)(O)OCC(CO)OC(=O)CCCCC/C=C\C/C=C\C/C=C\CC. The minimum atomic E-state index is -4.79. The third kappa shape index (κ3) is 53.9. The molecule has 76 heavy (non-hydrogen) atoms. The highest BCUT2D eigenvalue weighted by Crippen LogP contribution is 2.43. The van der Waals surface area contributed by atoms with Gasteiger partial charge in [0.05, 0.1) is 19.8 Å². The Morgan fingerprint density at radius 1 is 0.368 bits per heavy atom. The summed E-state index contributed by atoms with van der Waals surface area (Å²) in [7, 11) is -4.79. The van der Waals surface area contributed by atoms with Crippen molar-refractivity contribution in [3.8, 4) is 0 Å². The average molecular weight is 1080 g/mol. The van der Waals surface area contributed by atoms with Crippen LogP contribution < -0.4 is 0 Å². The van der Waals surface area contributed by atoms with Crippen molar-refractivity contribution in [3.63, 3.8) is 0 Å². The number of esters is 3. The molecule has 2 N–H and O–H groups in total. The Kier molecular flexibility index (Phi) is 52.7. The van der Waals surface area contributed by atoms with Crippen molar-refractivity contribution in [2.24, 2.45) is 0 Å². The first-order chi connectivity index (χ1) is 37.2. The summed E-state index contributed by atoms with van der Waals surface area (Å²) in [5.74, 6) is -1.63. The molecule has 0 aliphatic heterocycles. The van der Waals surface area contributed by atoms with Crippen LogP contribution in [0.15, 0.2) is 158 Å². The predicted molar refractivity (Wildman–Crippen MR) is 315 cm³/mol. The summed E-state index contributed by atoms with van der Waals surface area (Å²) in [5.41, 5.74) is 0. The quantitative estimate of drug-likeness (QED) is 0.0197. The van der Waals surface area contributed by atoms with Gasteiger partial charge in [-0.05, 0) is 135 Å². The van der Waals surface area contributed by atoms with E-state index in [2.05, 4.69) is 173 Å². The molecule has 0 amide bonds. The highest BCUT2D eigenvalue weighted by atomic mass is 31.2. The molecule has 11 nitrogen and oxygen atoms in total. The van der Waals surface area contributed by atoms with E-state index in [1.165, 1.54) is 0 Å². The van der Waals surface area contributed by atoms with Crippen molar-refractivity contribution in [2.75, 3.05) is 26.4 Å². The van der Waals surface area contributed by atoms with Crippen LogP contribution in [0, 0.1) is 0 Å². The van der Waals surface area contributed by atoms with Gasteiger partial charge in [-0.2, -0.15) is 0 Å². The molecule has 0 aliphatic rings. The number of rotatable bonds is 50. The van der Waals surface area contributed by atoms with Gasteiger partial charge in [-0.3, -0.25) is 23.4 Å². The van der Waals surface area contributed by atoms with Crippen LogP contribution in [0.25, 0.3) is 0 Å². The third-order valence-electron chi connectivity index (χ3n) is 10.9. The first-order valence-corrected chi connectivity index (χ1v) is 29.9. The smallest absolute Gasteiger partial charge is 0.462 e. The Labute approximate surface area is 460 Å². The summed E-state index contributed by atoms with van der Waals surface area (Å²) in [6.45, 7) is 4.13. The van der Waals surface area contributed by atoms with Crippen molar-refractivity contribution in [1.82, 2.24) is 0 Å². The Hall–Kier alpha value is -4.90. The van der Waals surface area contributed by atoms with Crippen LogP contribution in [0.4, 0.5) is 0 Å². The van der Waals surface area contributed by atoms with E-state index in [-0.39, 0.29) is 19.3 Å². The largest absolute Gasteiger partial charge is 0.472 e. The maximum Gasteiger partial charge on any atom is 0.472 e. The fourth-order valence-corrected chi connectivity index (χ4v) is 7.51. The lowest BCUT2D eigenvalue weighted by Crippen LogP contribution is -2.30. The molecule has 3 unspecified atom stereocenters. The number of ether oxygens (including phenoxy) is 3. The summed E-state index contributed by atoms with van der Waals surface area (Å²) < 4.78 is 39.4. The van der Waals surface area contributed by atoms with Crippen molar-refractivity contribution < 1.29 is 52.2 Å². The van der Waals surface area contributed by atoms with Crippen LogP contribution in [0.2, 0.25) is 0 Å². The highest BCUT2D eigenvalue weighted by molar-refractivity contribution is 7.47. The van der Waals surface area contributed by atoms with E-state index in [1.54, 1.807) is 0 Å². The molecule has 0 rings (SSSR count). The summed E-state index contributed by atoms with van der Waals surface area (Å²) in [4.78, 5) is 48.5. The minimum absolute atomic E-state index is 0.104. The zero-order valence-electron chi connectivity index (χ0n) is 46.9. The molecule has 0 heterocycles. The topological polar surface area (TPSA) is 155 Å². The molecular weight excluding hydrogens is 976 g/mol. The van der Waals surface area contributed by atoms with E-state index >= 15 is 0 Å². The fourth-order valence-electron chi connectivity index (χ4n) is 6.72. The molecule has 3 atom stereocenters. The van der Waals surface area contributed by atoms with Gasteiger partial charge in [0.25, 0.3) is 0 Å². The molecule has 0 aromatic rings. The van der Waals surface area contributed by atoms with E-state index in [0.717, 1.165) is 122 Å². The molecule has 0 radical (unpaired) electrons. The first kappa shape index (κ1) is 71.1. The fraction of sp³-hybridized carbons (Fsp3) is 0.547. The number of carbonyl (C=O) groups is 3. The Morgan fingerprint density at radius 3 is 1.00 bits per heavy atom. The molecule has 426 valence electrons.